The van der Waals surface area contributed by atoms with Crippen LogP contribution in [0.5, 0.6) is 5.75 Å². The first kappa shape index (κ1) is 19.4. The van der Waals surface area contributed by atoms with Gasteiger partial charge in [-0.25, -0.2) is 8.42 Å². The summed E-state index contributed by atoms with van der Waals surface area (Å²) in [5.74, 6) is 0.245. The molecule has 0 saturated carbocycles. The first-order chi connectivity index (χ1) is 10.7. The van der Waals surface area contributed by atoms with Gasteiger partial charge in [0, 0.05) is 19.1 Å². The molecule has 0 aliphatic rings. The summed E-state index contributed by atoms with van der Waals surface area (Å²) >= 11 is 0. The van der Waals surface area contributed by atoms with Crippen LogP contribution in [-0.2, 0) is 14.8 Å². The third kappa shape index (κ3) is 5.21. The second-order valence-electron chi connectivity index (χ2n) is 5.48. The first-order valence-corrected chi connectivity index (χ1v) is 9.23. The number of ether oxygens (including phenoxy) is 1. The topological polar surface area (TPSA) is 75.7 Å². The van der Waals surface area contributed by atoms with E-state index in [1.165, 1.54) is 16.4 Å². The minimum absolute atomic E-state index is 0.0372. The van der Waals surface area contributed by atoms with E-state index >= 15 is 0 Å². The number of carbonyl (C=O) groups is 1. The van der Waals surface area contributed by atoms with Crippen LogP contribution in [0.15, 0.2) is 29.2 Å². The number of carbonyl (C=O) groups excluding carboxylic acids is 1. The van der Waals surface area contributed by atoms with Gasteiger partial charge < -0.3 is 10.1 Å². The van der Waals surface area contributed by atoms with E-state index < -0.39 is 16.1 Å². The van der Waals surface area contributed by atoms with Crippen LogP contribution in [0.4, 0.5) is 0 Å². The van der Waals surface area contributed by atoms with Crippen LogP contribution in [0.3, 0.4) is 0 Å². The molecule has 0 bridgehead atoms. The predicted octanol–water partition coefficient (Wildman–Crippen LogP) is 2.01. The molecule has 0 unspecified atom stereocenters. The third-order valence-corrected chi connectivity index (χ3v) is 5.34. The summed E-state index contributed by atoms with van der Waals surface area (Å²) in [6.07, 6.45) is -0.650. The maximum Gasteiger partial charge on any atom is 0.260 e. The fourth-order valence-electron chi connectivity index (χ4n) is 2.06. The Kier molecular flexibility index (Phi) is 7.02. The number of sulfonamides is 1. The summed E-state index contributed by atoms with van der Waals surface area (Å²) in [6.45, 7) is 9.83. The Labute approximate surface area is 138 Å². The molecule has 1 N–H and O–H groups in total. The Bertz CT molecular complexity index is 607. The van der Waals surface area contributed by atoms with Crippen molar-refractivity contribution in [1.82, 2.24) is 9.62 Å². The van der Waals surface area contributed by atoms with Gasteiger partial charge in [-0.05, 0) is 45.0 Å². The lowest BCUT2D eigenvalue weighted by Crippen LogP contribution is -2.40. The Hall–Kier alpha value is -1.60. The minimum atomic E-state index is -3.48. The number of nitrogens with one attached hydrogen (secondary N) is 1. The fraction of sp³-hybridized carbons (Fsp3) is 0.562. The minimum Gasteiger partial charge on any atom is -0.481 e. The zero-order chi connectivity index (χ0) is 17.6. The summed E-state index contributed by atoms with van der Waals surface area (Å²) in [5.41, 5.74) is 0. The van der Waals surface area contributed by atoms with Gasteiger partial charge in [0.2, 0.25) is 10.0 Å². The molecular weight excluding hydrogens is 316 g/mol. The Morgan fingerprint density at radius 3 is 2.09 bits per heavy atom. The molecule has 0 aliphatic heterocycles. The van der Waals surface area contributed by atoms with Gasteiger partial charge in [0.05, 0.1) is 4.90 Å². The molecule has 0 aliphatic carbocycles. The summed E-state index contributed by atoms with van der Waals surface area (Å²) < 4.78 is 31.7. The van der Waals surface area contributed by atoms with Crippen molar-refractivity contribution in [3.8, 4) is 5.75 Å². The maximum atomic E-state index is 12.4. The standard InChI is InChI=1S/C16H26N2O4S/c1-6-18(7-2)23(20,21)15-10-8-14(9-11-15)22-13(5)16(19)17-12(3)4/h8-13H,6-7H2,1-5H3,(H,17,19)/t13-/m1/s1. The second kappa shape index (κ2) is 8.31. The molecule has 1 aromatic rings. The number of hydrogen-bond acceptors (Lipinski definition) is 4. The first-order valence-electron chi connectivity index (χ1n) is 7.79. The lowest BCUT2D eigenvalue weighted by atomic mass is 10.3. The zero-order valence-corrected chi connectivity index (χ0v) is 15.2. The van der Waals surface area contributed by atoms with Gasteiger partial charge in [-0.15, -0.1) is 0 Å². The predicted molar refractivity (Wildman–Crippen MR) is 89.9 cm³/mol. The van der Waals surface area contributed by atoms with Crippen molar-refractivity contribution in [3.63, 3.8) is 0 Å². The summed E-state index contributed by atoms with van der Waals surface area (Å²) in [6, 6.07) is 6.16. The molecule has 0 saturated heterocycles. The molecule has 1 rings (SSSR count). The van der Waals surface area contributed by atoms with Crippen LogP contribution >= 0.6 is 0 Å². The molecule has 130 valence electrons. The molecule has 0 heterocycles. The summed E-state index contributed by atoms with van der Waals surface area (Å²) in [4.78, 5) is 12.0. The molecule has 1 atom stereocenters. The van der Waals surface area contributed by atoms with Gasteiger partial charge in [-0.2, -0.15) is 4.31 Å². The van der Waals surface area contributed by atoms with Crippen LogP contribution in [0, 0.1) is 0 Å². The summed E-state index contributed by atoms with van der Waals surface area (Å²) in [7, 11) is -3.48. The monoisotopic (exact) mass is 342 g/mol. The molecule has 0 fully saturated rings. The SMILES string of the molecule is CCN(CC)S(=O)(=O)c1ccc(O[C@H](C)C(=O)NC(C)C)cc1. The van der Waals surface area contributed by atoms with Crippen molar-refractivity contribution in [2.45, 2.75) is 51.7 Å². The van der Waals surface area contributed by atoms with Crippen molar-refractivity contribution in [2.75, 3.05) is 13.1 Å². The molecule has 7 heteroatoms. The number of benzene rings is 1. The van der Waals surface area contributed by atoms with Gasteiger partial charge in [0.25, 0.3) is 5.91 Å². The van der Waals surface area contributed by atoms with E-state index in [0.29, 0.717) is 18.8 Å². The molecule has 23 heavy (non-hydrogen) atoms. The number of nitrogens with zero attached hydrogens (tertiary/aromatic N) is 1. The van der Waals surface area contributed by atoms with E-state index in [0.717, 1.165) is 0 Å². The average Bonchev–Trinajstić information content (AvgIpc) is 2.48. The third-order valence-electron chi connectivity index (χ3n) is 3.28. The molecular formula is C16H26N2O4S. The number of amides is 1. The highest BCUT2D eigenvalue weighted by molar-refractivity contribution is 7.89. The van der Waals surface area contributed by atoms with Crippen molar-refractivity contribution >= 4 is 15.9 Å². The van der Waals surface area contributed by atoms with E-state index in [1.807, 2.05) is 13.8 Å². The van der Waals surface area contributed by atoms with Gasteiger partial charge in [0.1, 0.15) is 5.75 Å². The van der Waals surface area contributed by atoms with Crippen LogP contribution in [-0.4, -0.2) is 43.9 Å². The largest absolute Gasteiger partial charge is 0.481 e. The van der Waals surface area contributed by atoms with E-state index in [2.05, 4.69) is 5.32 Å². The number of rotatable bonds is 8. The second-order valence-corrected chi connectivity index (χ2v) is 7.42. The van der Waals surface area contributed by atoms with Crippen LogP contribution in [0.2, 0.25) is 0 Å². The number of hydrogen-bond donors (Lipinski definition) is 1. The van der Waals surface area contributed by atoms with E-state index in [9.17, 15) is 13.2 Å². The Balaban J connectivity index is 2.83. The van der Waals surface area contributed by atoms with Crippen LogP contribution in [0.1, 0.15) is 34.6 Å². The van der Waals surface area contributed by atoms with Crippen LogP contribution in [0.25, 0.3) is 0 Å². The average molecular weight is 342 g/mol. The Morgan fingerprint density at radius 1 is 1.13 bits per heavy atom. The van der Waals surface area contributed by atoms with Gasteiger partial charge in [0.15, 0.2) is 6.10 Å². The maximum absolute atomic E-state index is 12.4. The van der Waals surface area contributed by atoms with Crippen molar-refractivity contribution < 1.29 is 17.9 Å². The molecule has 1 aromatic carbocycles. The summed E-state index contributed by atoms with van der Waals surface area (Å²) in [5, 5.41) is 2.76. The lowest BCUT2D eigenvalue weighted by Gasteiger charge is -2.19. The molecule has 0 spiro atoms. The van der Waals surface area contributed by atoms with Crippen molar-refractivity contribution in [1.29, 1.82) is 0 Å². The van der Waals surface area contributed by atoms with Gasteiger partial charge >= 0.3 is 0 Å². The fourth-order valence-corrected chi connectivity index (χ4v) is 3.52. The molecule has 0 aromatic heterocycles. The van der Waals surface area contributed by atoms with Crippen molar-refractivity contribution in [3.05, 3.63) is 24.3 Å². The molecule has 1 amide bonds. The lowest BCUT2D eigenvalue weighted by molar-refractivity contribution is -0.127. The normalized spacial score (nSPS) is 13.2. The van der Waals surface area contributed by atoms with Gasteiger partial charge in [-0.3, -0.25) is 4.79 Å². The van der Waals surface area contributed by atoms with E-state index in [-0.39, 0.29) is 16.8 Å². The Morgan fingerprint density at radius 2 is 1.65 bits per heavy atom. The van der Waals surface area contributed by atoms with E-state index in [4.69, 9.17) is 4.74 Å². The highest BCUT2D eigenvalue weighted by atomic mass is 32.2. The molecule has 6 nitrogen and oxygen atoms in total. The smallest absolute Gasteiger partial charge is 0.260 e. The zero-order valence-electron chi connectivity index (χ0n) is 14.4. The van der Waals surface area contributed by atoms with Crippen molar-refractivity contribution in [2.24, 2.45) is 0 Å². The highest BCUT2D eigenvalue weighted by Crippen LogP contribution is 2.20. The molecule has 0 radical (unpaired) electrons. The van der Waals surface area contributed by atoms with E-state index in [1.54, 1.807) is 32.9 Å². The highest BCUT2D eigenvalue weighted by Gasteiger charge is 2.22. The van der Waals surface area contributed by atoms with Crippen LogP contribution < -0.4 is 10.1 Å². The van der Waals surface area contributed by atoms with Gasteiger partial charge in [-0.1, -0.05) is 13.8 Å². The quantitative estimate of drug-likeness (QED) is 0.784.